The first-order chi connectivity index (χ1) is 8.46. The monoisotopic (exact) mass is 305 g/mol. The van der Waals surface area contributed by atoms with E-state index in [0.29, 0.717) is 17.7 Å². The van der Waals surface area contributed by atoms with Gasteiger partial charge in [0.25, 0.3) is 0 Å². The quantitative estimate of drug-likeness (QED) is 0.850. The highest BCUT2D eigenvalue weighted by Crippen LogP contribution is 2.43. The summed E-state index contributed by atoms with van der Waals surface area (Å²) in [5.41, 5.74) is 1.39. The number of hydrogen-bond acceptors (Lipinski definition) is 5. The van der Waals surface area contributed by atoms with E-state index in [2.05, 4.69) is 23.7 Å². The van der Waals surface area contributed by atoms with Crippen LogP contribution in [0.15, 0.2) is 15.7 Å². The Hall–Kier alpha value is -0.0400. The summed E-state index contributed by atoms with van der Waals surface area (Å²) in [4.78, 5) is 0. The van der Waals surface area contributed by atoms with E-state index in [-0.39, 0.29) is 5.75 Å². The predicted octanol–water partition coefficient (Wildman–Crippen LogP) is 2.70. The van der Waals surface area contributed by atoms with Crippen molar-refractivity contribution >= 4 is 32.9 Å². The lowest BCUT2D eigenvalue weighted by Crippen LogP contribution is -2.28. The Morgan fingerprint density at radius 3 is 3.00 bits per heavy atom. The van der Waals surface area contributed by atoms with Gasteiger partial charge < -0.3 is 5.32 Å². The molecule has 0 saturated heterocycles. The molecule has 2 rings (SSSR count). The van der Waals surface area contributed by atoms with E-state index >= 15 is 0 Å². The fraction of sp³-hybridized carbons (Fsp3) is 0.667. The van der Waals surface area contributed by atoms with Gasteiger partial charge in [0.15, 0.2) is 0 Å². The molecule has 18 heavy (non-hydrogen) atoms. The molecule has 0 amide bonds. The van der Waals surface area contributed by atoms with Gasteiger partial charge in [-0.05, 0) is 36.4 Å². The molecule has 1 unspecified atom stereocenters. The third-order valence-corrected chi connectivity index (χ3v) is 6.37. The van der Waals surface area contributed by atoms with Crippen LogP contribution in [0.1, 0.15) is 31.4 Å². The summed E-state index contributed by atoms with van der Waals surface area (Å²) in [5, 5.41) is 6.26. The van der Waals surface area contributed by atoms with Crippen molar-refractivity contribution in [2.75, 3.05) is 18.6 Å². The number of fused-ring (bicyclic) bond motifs is 1. The van der Waals surface area contributed by atoms with Gasteiger partial charge in [0, 0.05) is 17.5 Å². The zero-order valence-corrected chi connectivity index (χ0v) is 13.1. The smallest absolute Gasteiger partial charge is 0.147 e. The number of thiophene rings is 1. The second-order valence-electron chi connectivity index (χ2n) is 4.82. The summed E-state index contributed by atoms with van der Waals surface area (Å²) >= 11 is 3.75. The largest absolute Gasteiger partial charge is 0.310 e. The summed E-state index contributed by atoms with van der Waals surface area (Å²) in [5.74, 6) is 0.271. The van der Waals surface area contributed by atoms with Crippen molar-refractivity contribution in [2.24, 2.45) is 0 Å². The molecule has 6 heteroatoms. The van der Waals surface area contributed by atoms with E-state index in [0.717, 1.165) is 13.0 Å². The number of rotatable bonds is 5. The van der Waals surface area contributed by atoms with Crippen LogP contribution in [0.25, 0.3) is 0 Å². The molecule has 1 aliphatic heterocycles. The Kier molecular flexibility index (Phi) is 4.75. The molecular formula is C12H19NO2S3. The molecule has 0 radical (unpaired) electrons. The van der Waals surface area contributed by atoms with Crippen LogP contribution in [0.3, 0.4) is 0 Å². The lowest BCUT2D eigenvalue weighted by atomic mass is 10.0. The first-order valence-corrected chi connectivity index (χ1v) is 9.93. The standard InChI is InChI=1S/C12H19NO2S3/c1-9-8-11(10-4-6-16-12(10)17-9)13-5-3-7-18(2,14)15/h4,6,9,11,13H,3,5,7-8H2,1-2H3/t9-,11?/m0/s1. The molecule has 1 N–H and O–H groups in total. The molecule has 0 saturated carbocycles. The highest BCUT2D eigenvalue weighted by atomic mass is 32.2. The summed E-state index contributed by atoms with van der Waals surface area (Å²) in [6, 6.07) is 2.58. The van der Waals surface area contributed by atoms with Crippen LogP contribution < -0.4 is 5.32 Å². The molecule has 1 aromatic rings. The second-order valence-corrected chi connectivity index (χ2v) is 9.70. The molecule has 0 aromatic carbocycles. The van der Waals surface area contributed by atoms with Crippen LogP contribution in [0.2, 0.25) is 0 Å². The first kappa shape index (κ1) is 14.4. The van der Waals surface area contributed by atoms with Crippen LogP contribution in [0, 0.1) is 0 Å². The maximum atomic E-state index is 11.1. The predicted molar refractivity (Wildman–Crippen MR) is 79.3 cm³/mol. The maximum absolute atomic E-state index is 11.1. The Morgan fingerprint density at radius 1 is 1.50 bits per heavy atom. The van der Waals surface area contributed by atoms with E-state index in [4.69, 9.17) is 0 Å². The molecule has 0 spiro atoms. The minimum atomic E-state index is -2.83. The average Bonchev–Trinajstić information content (AvgIpc) is 2.70. The fourth-order valence-electron chi connectivity index (χ4n) is 2.15. The summed E-state index contributed by atoms with van der Waals surface area (Å²) in [7, 11) is -2.83. The third kappa shape index (κ3) is 3.98. The van der Waals surface area contributed by atoms with Crippen LogP contribution in [0.4, 0.5) is 0 Å². The van der Waals surface area contributed by atoms with Crippen molar-refractivity contribution in [2.45, 2.75) is 35.3 Å². The average molecular weight is 305 g/mol. The summed E-state index contributed by atoms with van der Waals surface area (Å²) < 4.78 is 23.5. The Bertz CT molecular complexity index is 495. The van der Waals surface area contributed by atoms with E-state index in [1.54, 1.807) is 11.3 Å². The van der Waals surface area contributed by atoms with Crippen LogP contribution >= 0.6 is 23.1 Å². The van der Waals surface area contributed by atoms with Gasteiger partial charge >= 0.3 is 0 Å². The SMILES string of the molecule is C[C@H]1CC(NCCCS(C)(=O)=O)c2ccsc2S1. The molecule has 102 valence electrons. The van der Waals surface area contributed by atoms with Crippen LogP contribution in [-0.2, 0) is 9.84 Å². The Morgan fingerprint density at radius 2 is 2.28 bits per heavy atom. The zero-order valence-electron chi connectivity index (χ0n) is 10.7. The van der Waals surface area contributed by atoms with Gasteiger partial charge in [0.2, 0.25) is 0 Å². The number of sulfone groups is 1. The minimum absolute atomic E-state index is 0.271. The summed E-state index contributed by atoms with van der Waals surface area (Å²) in [6.45, 7) is 3.02. The highest BCUT2D eigenvalue weighted by molar-refractivity contribution is 8.01. The van der Waals surface area contributed by atoms with Crippen molar-refractivity contribution in [3.8, 4) is 0 Å². The van der Waals surface area contributed by atoms with Gasteiger partial charge in [-0.15, -0.1) is 23.1 Å². The van der Waals surface area contributed by atoms with Gasteiger partial charge in [-0.1, -0.05) is 6.92 Å². The van der Waals surface area contributed by atoms with Gasteiger partial charge in [0.05, 0.1) is 9.96 Å². The normalized spacial score (nSPS) is 23.9. The van der Waals surface area contributed by atoms with Crippen molar-refractivity contribution in [3.63, 3.8) is 0 Å². The Labute approximate surface area is 117 Å². The number of thioether (sulfide) groups is 1. The van der Waals surface area contributed by atoms with Gasteiger partial charge in [0.1, 0.15) is 9.84 Å². The fourth-order valence-corrected chi connectivity index (χ4v) is 5.39. The first-order valence-electron chi connectivity index (χ1n) is 6.11. The van der Waals surface area contributed by atoms with Crippen LogP contribution in [0.5, 0.6) is 0 Å². The zero-order chi connectivity index (χ0) is 13.2. The van der Waals surface area contributed by atoms with Crippen molar-refractivity contribution < 1.29 is 8.42 Å². The molecule has 3 nitrogen and oxygen atoms in total. The van der Waals surface area contributed by atoms with Crippen molar-refractivity contribution in [1.29, 1.82) is 0 Å². The summed E-state index contributed by atoms with van der Waals surface area (Å²) in [6.07, 6.45) is 3.10. The molecule has 2 heterocycles. The van der Waals surface area contributed by atoms with E-state index in [9.17, 15) is 8.42 Å². The Balaban J connectivity index is 1.87. The highest BCUT2D eigenvalue weighted by Gasteiger charge is 2.25. The number of hydrogen-bond donors (Lipinski definition) is 1. The topological polar surface area (TPSA) is 46.2 Å². The van der Waals surface area contributed by atoms with E-state index < -0.39 is 9.84 Å². The van der Waals surface area contributed by atoms with Gasteiger partial charge in [-0.2, -0.15) is 0 Å². The molecule has 0 aliphatic carbocycles. The lowest BCUT2D eigenvalue weighted by Gasteiger charge is -2.27. The lowest BCUT2D eigenvalue weighted by molar-refractivity contribution is 0.488. The minimum Gasteiger partial charge on any atom is -0.310 e. The second kappa shape index (κ2) is 5.94. The molecule has 0 bridgehead atoms. The van der Waals surface area contributed by atoms with E-state index in [1.807, 2.05) is 11.8 Å². The van der Waals surface area contributed by atoms with E-state index in [1.165, 1.54) is 16.0 Å². The van der Waals surface area contributed by atoms with Crippen molar-refractivity contribution in [3.05, 3.63) is 17.0 Å². The molecule has 1 aromatic heterocycles. The van der Waals surface area contributed by atoms with Crippen molar-refractivity contribution in [1.82, 2.24) is 5.32 Å². The molecule has 2 atom stereocenters. The number of nitrogens with one attached hydrogen (secondary N) is 1. The van der Waals surface area contributed by atoms with Gasteiger partial charge in [-0.25, -0.2) is 8.42 Å². The third-order valence-electron chi connectivity index (χ3n) is 2.99. The molecule has 0 fully saturated rings. The van der Waals surface area contributed by atoms with Gasteiger partial charge in [-0.3, -0.25) is 0 Å². The van der Waals surface area contributed by atoms with Crippen LogP contribution in [-0.4, -0.2) is 32.2 Å². The molecular weight excluding hydrogens is 286 g/mol. The maximum Gasteiger partial charge on any atom is 0.147 e. The molecule has 1 aliphatic rings.